The van der Waals surface area contributed by atoms with Crippen molar-refractivity contribution in [2.24, 2.45) is 0 Å². The van der Waals surface area contributed by atoms with Crippen molar-refractivity contribution >= 4 is 15.8 Å². The molecule has 0 spiro atoms. The van der Waals surface area contributed by atoms with Crippen LogP contribution in [0.1, 0.15) is 56.5 Å². The van der Waals surface area contributed by atoms with Crippen molar-refractivity contribution in [2.75, 3.05) is 0 Å². The number of ketones is 1. The van der Waals surface area contributed by atoms with E-state index >= 15 is 0 Å². The molecule has 7 nitrogen and oxygen atoms in total. The molecule has 0 radical (unpaired) electrons. The van der Waals surface area contributed by atoms with Gasteiger partial charge in [-0.2, -0.15) is 5.26 Å². The molecular weight excluding hydrogens is 443 g/mol. The zero-order valence-corrected chi connectivity index (χ0v) is 19.0. The van der Waals surface area contributed by atoms with Crippen molar-refractivity contribution in [3.8, 4) is 17.3 Å². The van der Waals surface area contributed by atoms with Gasteiger partial charge in [-0.15, -0.1) is 0 Å². The summed E-state index contributed by atoms with van der Waals surface area (Å²) in [7, 11) is -4.05. The van der Waals surface area contributed by atoms with E-state index in [2.05, 4.69) is 14.7 Å². The van der Waals surface area contributed by atoms with Gasteiger partial charge in [-0.3, -0.25) is 0 Å². The molecule has 3 rings (SSSR count). The summed E-state index contributed by atoms with van der Waals surface area (Å²) in [5.74, 6) is -0.209. The molecule has 1 heterocycles. The maximum atomic E-state index is 13.7. The largest absolute Gasteiger partial charge is 0.341 e. The fourth-order valence-corrected chi connectivity index (χ4v) is 4.70. The SMILES string of the molecule is CC(=O)CCCCC[C@H](NS(=O)(=O)c1ccc(F)c(C#N)c1)c1ncc(-c2ccccc2)[nH]1. The lowest BCUT2D eigenvalue weighted by molar-refractivity contribution is -0.117. The van der Waals surface area contributed by atoms with E-state index in [0.29, 0.717) is 25.1 Å². The highest BCUT2D eigenvalue weighted by atomic mass is 32.2. The number of rotatable bonds is 11. The Hall–Kier alpha value is -3.35. The first-order valence-corrected chi connectivity index (χ1v) is 12.1. The highest BCUT2D eigenvalue weighted by Gasteiger charge is 2.24. The van der Waals surface area contributed by atoms with Crippen LogP contribution < -0.4 is 4.72 Å². The maximum absolute atomic E-state index is 13.7. The van der Waals surface area contributed by atoms with Gasteiger partial charge in [0, 0.05) is 6.42 Å². The Balaban J connectivity index is 1.83. The van der Waals surface area contributed by atoms with Crippen molar-refractivity contribution in [2.45, 2.75) is 50.0 Å². The Morgan fingerprint density at radius 3 is 2.64 bits per heavy atom. The number of Topliss-reactive ketones (excluding diaryl/α,β-unsaturated/α-hetero) is 1. The summed E-state index contributed by atoms with van der Waals surface area (Å²) >= 11 is 0. The molecule has 172 valence electrons. The number of hydrogen-bond acceptors (Lipinski definition) is 5. The lowest BCUT2D eigenvalue weighted by Crippen LogP contribution is -2.29. The van der Waals surface area contributed by atoms with E-state index in [1.165, 1.54) is 0 Å². The van der Waals surface area contributed by atoms with Crippen molar-refractivity contribution in [1.82, 2.24) is 14.7 Å². The van der Waals surface area contributed by atoms with Gasteiger partial charge in [0.05, 0.1) is 28.4 Å². The van der Waals surface area contributed by atoms with Crippen LogP contribution in [0.25, 0.3) is 11.3 Å². The first-order valence-electron chi connectivity index (χ1n) is 10.6. The molecule has 0 amide bonds. The zero-order valence-electron chi connectivity index (χ0n) is 18.2. The minimum atomic E-state index is -4.05. The molecule has 0 saturated heterocycles. The quantitative estimate of drug-likeness (QED) is 0.398. The molecule has 3 aromatic rings. The normalized spacial score (nSPS) is 12.3. The summed E-state index contributed by atoms with van der Waals surface area (Å²) in [6.45, 7) is 1.54. The first-order chi connectivity index (χ1) is 15.8. The van der Waals surface area contributed by atoms with E-state index < -0.39 is 21.9 Å². The molecule has 1 atom stereocenters. The van der Waals surface area contributed by atoms with Crippen molar-refractivity contribution in [3.63, 3.8) is 0 Å². The Bertz CT molecular complexity index is 1250. The lowest BCUT2D eigenvalue weighted by Gasteiger charge is -2.17. The van der Waals surface area contributed by atoms with Crippen LogP contribution in [0.4, 0.5) is 4.39 Å². The molecule has 0 bridgehead atoms. The molecule has 0 fully saturated rings. The second kappa shape index (κ2) is 11.0. The van der Waals surface area contributed by atoms with E-state index in [0.717, 1.165) is 42.3 Å². The van der Waals surface area contributed by atoms with Crippen LogP contribution in [0.2, 0.25) is 0 Å². The predicted octanol–water partition coefficient (Wildman–Crippen LogP) is 4.65. The molecular formula is C24H25FN4O3S. The number of H-pyrrole nitrogens is 1. The van der Waals surface area contributed by atoms with E-state index in [1.807, 2.05) is 30.3 Å². The molecule has 2 N–H and O–H groups in total. The zero-order chi connectivity index (χ0) is 23.8. The number of benzene rings is 2. The number of halogens is 1. The number of nitriles is 1. The van der Waals surface area contributed by atoms with Crippen LogP contribution in [0.15, 0.2) is 59.6 Å². The third kappa shape index (κ3) is 6.57. The number of aromatic amines is 1. The first kappa shape index (κ1) is 24.3. The predicted molar refractivity (Wildman–Crippen MR) is 122 cm³/mol. The maximum Gasteiger partial charge on any atom is 0.241 e. The van der Waals surface area contributed by atoms with Crippen LogP contribution in [-0.2, 0) is 14.8 Å². The number of carbonyl (C=O) groups excluding carboxylic acids is 1. The van der Waals surface area contributed by atoms with E-state index in [1.54, 1.807) is 19.2 Å². The number of unbranched alkanes of at least 4 members (excludes halogenated alkanes) is 2. The molecule has 33 heavy (non-hydrogen) atoms. The van der Waals surface area contributed by atoms with Gasteiger partial charge in [0.25, 0.3) is 0 Å². The van der Waals surface area contributed by atoms with Gasteiger partial charge in [-0.1, -0.05) is 43.2 Å². The van der Waals surface area contributed by atoms with Crippen LogP contribution in [-0.4, -0.2) is 24.2 Å². The number of sulfonamides is 1. The second-order valence-electron chi connectivity index (χ2n) is 7.78. The topological polar surface area (TPSA) is 116 Å². The smallest absolute Gasteiger partial charge is 0.241 e. The van der Waals surface area contributed by atoms with Crippen molar-refractivity contribution < 1.29 is 17.6 Å². The second-order valence-corrected chi connectivity index (χ2v) is 9.49. The fourth-order valence-electron chi connectivity index (χ4n) is 3.44. The molecule has 0 aliphatic carbocycles. The highest BCUT2D eigenvalue weighted by Crippen LogP contribution is 2.25. The van der Waals surface area contributed by atoms with E-state index in [9.17, 15) is 17.6 Å². The van der Waals surface area contributed by atoms with E-state index in [4.69, 9.17) is 5.26 Å². The van der Waals surface area contributed by atoms with Crippen molar-refractivity contribution in [1.29, 1.82) is 5.26 Å². The van der Waals surface area contributed by atoms with Gasteiger partial charge in [0.2, 0.25) is 10.0 Å². The monoisotopic (exact) mass is 468 g/mol. The number of nitrogens with zero attached hydrogens (tertiary/aromatic N) is 2. The fraction of sp³-hybridized carbons (Fsp3) is 0.292. The van der Waals surface area contributed by atoms with Gasteiger partial charge in [0.1, 0.15) is 23.5 Å². The molecule has 1 aromatic heterocycles. The Labute approximate surface area is 192 Å². The highest BCUT2D eigenvalue weighted by molar-refractivity contribution is 7.89. The number of carbonyl (C=O) groups is 1. The molecule has 0 aliphatic rings. The van der Waals surface area contributed by atoms with Crippen molar-refractivity contribution in [3.05, 3.63) is 71.9 Å². The number of imidazole rings is 1. The summed E-state index contributed by atoms with van der Waals surface area (Å²) in [5.41, 5.74) is 1.32. The standard InChI is InChI=1S/C24H25FN4O3S/c1-17(30)8-4-2-7-11-22(24-27-16-23(28-24)18-9-5-3-6-10-18)29-33(31,32)20-12-13-21(25)19(14-20)15-26/h3,5-6,9-10,12-14,16,22,29H,2,4,7-8,11H2,1H3,(H,27,28)/t22-/m0/s1. The summed E-state index contributed by atoms with van der Waals surface area (Å²) in [6.07, 6.45) is 4.75. The Morgan fingerprint density at radius 1 is 1.18 bits per heavy atom. The molecule has 0 unspecified atom stereocenters. The minimum Gasteiger partial charge on any atom is -0.341 e. The minimum absolute atomic E-state index is 0.121. The Morgan fingerprint density at radius 2 is 1.94 bits per heavy atom. The molecule has 9 heteroatoms. The number of hydrogen-bond donors (Lipinski definition) is 2. The van der Waals surface area contributed by atoms with Crippen LogP contribution >= 0.6 is 0 Å². The number of nitrogens with one attached hydrogen (secondary N) is 2. The van der Waals surface area contributed by atoms with Gasteiger partial charge in [0.15, 0.2) is 0 Å². The lowest BCUT2D eigenvalue weighted by atomic mass is 10.1. The van der Waals surface area contributed by atoms with Gasteiger partial charge in [-0.25, -0.2) is 22.5 Å². The van der Waals surface area contributed by atoms with E-state index in [-0.39, 0.29) is 16.2 Å². The third-order valence-electron chi connectivity index (χ3n) is 5.20. The molecule has 2 aromatic carbocycles. The summed E-state index contributed by atoms with van der Waals surface area (Å²) < 4.78 is 42.4. The van der Waals surface area contributed by atoms with Gasteiger partial charge < -0.3 is 9.78 Å². The average Bonchev–Trinajstić information content (AvgIpc) is 3.29. The van der Waals surface area contributed by atoms with Crippen LogP contribution in [0.5, 0.6) is 0 Å². The third-order valence-corrected chi connectivity index (χ3v) is 6.67. The average molecular weight is 469 g/mol. The van der Waals surface area contributed by atoms with Gasteiger partial charge in [-0.05, 0) is 43.5 Å². The molecule has 0 aliphatic heterocycles. The molecule has 0 saturated carbocycles. The summed E-state index contributed by atoms with van der Waals surface area (Å²) in [6, 6.07) is 13.6. The van der Waals surface area contributed by atoms with Crippen LogP contribution in [0.3, 0.4) is 0 Å². The summed E-state index contributed by atoms with van der Waals surface area (Å²) in [4.78, 5) is 18.6. The van der Waals surface area contributed by atoms with Crippen LogP contribution in [0, 0.1) is 17.1 Å². The van der Waals surface area contributed by atoms with Gasteiger partial charge >= 0.3 is 0 Å². The number of aromatic nitrogens is 2. The summed E-state index contributed by atoms with van der Waals surface area (Å²) in [5, 5.41) is 9.04. The Kier molecular flexibility index (Phi) is 8.09.